The standard InChI is InChI=1S/C12H19NO2/c1-3-15-12(14)11(8-13)10-6-4-5-9(2)7-10/h9-11H,3-7H2,1-2H3. The average molecular weight is 209 g/mol. The fraction of sp³-hybridized carbons (Fsp3) is 0.833. The van der Waals surface area contributed by atoms with Gasteiger partial charge in [-0.15, -0.1) is 0 Å². The molecule has 3 atom stereocenters. The van der Waals surface area contributed by atoms with Gasteiger partial charge >= 0.3 is 5.97 Å². The van der Waals surface area contributed by atoms with Crippen LogP contribution < -0.4 is 0 Å². The molecule has 0 amide bonds. The minimum Gasteiger partial charge on any atom is -0.465 e. The number of nitrogens with zero attached hydrogens (tertiary/aromatic N) is 1. The smallest absolute Gasteiger partial charge is 0.323 e. The van der Waals surface area contributed by atoms with Crippen LogP contribution >= 0.6 is 0 Å². The van der Waals surface area contributed by atoms with Crippen molar-refractivity contribution in [2.45, 2.75) is 39.5 Å². The fourth-order valence-corrected chi connectivity index (χ4v) is 2.37. The van der Waals surface area contributed by atoms with Gasteiger partial charge in [-0.2, -0.15) is 5.26 Å². The van der Waals surface area contributed by atoms with E-state index in [-0.39, 0.29) is 11.9 Å². The van der Waals surface area contributed by atoms with Crippen molar-refractivity contribution in [1.82, 2.24) is 0 Å². The molecule has 0 aromatic rings. The van der Waals surface area contributed by atoms with Gasteiger partial charge in [-0.1, -0.05) is 19.8 Å². The monoisotopic (exact) mass is 209 g/mol. The maximum absolute atomic E-state index is 11.5. The zero-order chi connectivity index (χ0) is 11.3. The third kappa shape index (κ3) is 3.23. The van der Waals surface area contributed by atoms with Crippen LogP contribution in [0.2, 0.25) is 0 Å². The van der Waals surface area contributed by atoms with E-state index < -0.39 is 5.92 Å². The van der Waals surface area contributed by atoms with Gasteiger partial charge in [0.05, 0.1) is 12.7 Å². The van der Waals surface area contributed by atoms with Gasteiger partial charge in [0.1, 0.15) is 5.92 Å². The van der Waals surface area contributed by atoms with E-state index >= 15 is 0 Å². The van der Waals surface area contributed by atoms with Crippen molar-refractivity contribution in [3.05, 3.63) is 0 Å². The van der Waals surface area contributed by atoms with Gasteiger partial charge in [0.15, 0.2) is 0 Å². The third-order valence-corrected chi connectivity index (χ3v) is 3.13. The molecule has 0 bridgehead atoms. The highest BCUT2D eigenvalue weighted by molar-refractivity contribution is 5.75. The molecule has 1 aliphatic carbocycles. The first kappa shape index (κ1) is 12.0. The van der Waals surface area contributed by atoms with Crippen molar-refractivity contribution in [2.24, 2.45) is 17.8 Å². The molecule has 1 rings (SSSR count). The van der Waals surface area contributed by atoms with E-state index in [9.17, 15) is 4.79 Å². The molecule has 0 N–H and O–H groups in total. The van der Waals surface area contributed by atoms with Crippen molar-refractivity contribution in [3.8, 4) is 6.07 Å². The molecular weight excluding hydrogens is 190 g/mol. The van der Waals surface area contributed by atoms with Gasteiger partial charge in [-0.05, 0) is 31.6 Å². The lowest BCUT2D eigenvalue weighted by atomic mass is 9.76. The second kappa shape index (κ2) is 5.75. The summed E-state index contributed by atoms with van der Waals surface area (Å²) in [6.07, 6.45) is 4.32. The molecule has 0 aromatic heterocycles. The molecule has 0 radical (unpaired) electrons. The lowest BCUT2D eigenvalue weighted by Gasteiger charge is -2.28. The third-order valence-electron chi connectivity index (χ3n) is 3.13. The largest absolute Gasteiger partial charge is 0.465 e. The number of carbonyl (C=O) groups is 1. The molecule has 0 aromatic carbocycles. The summed E-state index contributed by atoms with van der Waals surface area (Å²) in [4.78, 5) is 11.5. The molecule has 0 heterocycles. The summed E-state index contributed by atoms with van der Waals surface area (Å²) in [5.41, 5.74) is 0. The summed E-state index contributed by atoms with van der Waals surface area (Å²) in [5.74, 6) is -0.0429. The first-order valence-electron chi connectivity index (χ1n) is 5.75. The number of hydrogen-bond donors (Lipinski definition) is 0. The average Bonchev–Trinajstić information content (AvgIpc) is 2.19. The van der Waals surface area contributed by atoms with Gasteiger partial charge in [-0.25, -0.2) is 0 Å². The molecule has 3 heteroatoms. The van der Waals surface area contributed by atoms with E-state index in [1.165, 1.54) is 6.42 Å². The van der Waals surface area contributed by atoms with E-state index in [1.54, 1.807) is 6.92 Å². The molecule has 3 nitrogen and oxygen atoms in total. The molecule has 0 spiro atoms. The van der Waals surface area contributed by atoms with Gasteiger partial charge < -0.3 is 4.74 Å². The molecule has 15 heavy (non-hydrogen) atoms. The van der Waals surface area contributed by atoms with Crippen LogP contribution in [0.25, 0.3) is 0 Å². The molecule has 84 valence electrons. The normalized spacial score (nSPS) is 27.8. The van der Waals surface area contributed by atoms with E-state index in [2.05, 4.69) is 13.0 Å². The lowest BCUT2D eigenvalue weighted by molar-refractivity contribution is -0.148. The van der Waals surface area contributed by atoms with Gasteiger partial charge in [-0.3, -0.25) is 4.79 Å². The maximum atomic E-state index is 11.5. The van der Waals surface area contributed by atoms with Crippen molar-refractivity contribution < 1.29 is 9.53 Å². The summed E-state index contributed by atoms with van der Waals surface area (Å²) < 4.78 is 4.92. The number of carbonyl (C=O) groups excluding carboxylic acids is 1. The molecule has 1 aliphatic rings. The first-order chi connectivity index (χ1) is 7.19. The molecular formula is C12H19NO2. The fourth-order valence-electron chi connectivity index (χ4n) is 2.37. The number of hydrogen-bond acceptors (Lipinski definition) is 3. The Morgan fingerprint density at radius 1 is 1.60 bits per heavy atom. The summed E-state index contributed by atoms with van der Waals surface area (Å²) >= 11 is 0. The summed E-state index contributed by atoms with van der Waals surface area (Å²) in [6, 6.07) is 2.10. The van der Waals surface area contributed by atoms with Crippen LogP contribution in [0.1, 0.15) is 39.5 Å². The maximum Gasteiger partial charge on any atom is 0.323 e. The first-order valence-corrected chi connectivity index (χ1v) is 5.75. The van der Waals surface area contributed by atoms with Crippen LogP contribution in [0.15, 0.2) is 0 Å². The predicted molar refractivity (Wildman–Crippen MR) is 56.9 cm³/mol. The van der Waals surface area contributed by atoms with E-state index in [0.717, 1.165) is 19.3 Å². The van der Waals surface area contributed by atoms with Crippen LogP contribution in [0, 0.1) is 29.1 Å². The Bertz CT molecular complexity index is 257. The molecule has 0 saturated heterocycles. The Morgan fingerprint density at radius 3 is 2.87 bits per heavy atom. The van der Waals surface area contributed by atoms with Crippen LogP contribution in [0.4, 0.5) is 0 Å². The Hall–Kier alpha value is -1.04. The molecule has 1 fully saturated rings. The minimum atomic E-state index is -0.548. The highest BCUT2D eigenvalue weighted by Gasteiger charge is 2.32. The van der Waals surface area contributed by atoms with E-state index in [1.807, 2.05) is 0 Å². The van der Waals surface area contributed by atoms with Crippen LogP contribution in [0.5, 0.6) is 0 Å². The van der Waals surface area contributed by atoms with Crippen LogP contribution in [0.3, 0.4) is 0 Å². The summed E-state index contributed by atoms with van der Waals surface area (Å²) in [5, 5.41) is 9.01. The van der Waals surface area contributed by atoms with E-state index in [4.69, 9.17) is 10.00 Å². The quantitative estimate of drug-likeness (QED) is 0.671. The lowest BCUT2D eigenvalue weighted by Crippen LogP contribution is -2.28. The Morgan fingerprint density at radius 2 is 2.33 bits per heavy atom. The summed E-state index contributed by atoms with van der Waals surface area (Å²) in [7, 11) is 0. The second-order valence-corrected chi connectivity index (χ2v) is 4.39. The molecule has 1 saturated carbocycles. The van der Waals surface area contributed by atoms with Crippen molar-refractivity contribution in [1.29, 1.82) is 5.26 Å². The summed E-state index contributed by atoms with van der Waals surface area (Å²) in [6.45, 7) is 4.32. The minimum absolute atomic E-state index is 0.206. The van der Waals surface area contributed by atoms with Crippen LogP contribution in [-0.4, -0.2) is 12.6 Å². The number of nitriles is 1. The number of esters is 1. The highest BCUT2D eigenvalue weighted by atomic mass is 16.5. The van der Waals surface area contributed by atoms with Gasteiger partial charge in [0, 0.05) is 0 Å². The molecule has 0 aliphatic heterocycles. The Balaban J connectivity index is 2.58. The van der Waals surface area contributed by atoms with Crippen molar-refractivity contribution >= 4 is 5.97 Å². The van der Waals surface area contributed by atoms with Crippen LogP contribution in [-0.2, 0) is 9.53 Å². The Kier molecular flexibility index (Phi) is 4.61. The van der Waals surface area contributed by atoms with Gasteiger partial charge in [0.25, 0.3) is 0 Å². The zero-order valence-corrected chi connectivity index (χ0v) is 9.53. The SMILES string of the molecule is CCOC(=O)C(C#N)C1CCCC(C)C1. The zero-order valence-electron chi connectivity index (χ0n) is 9.53. The van der Waals surface area contributed by atoms with E-state index in [0.29, 0.717) is 12.5 Å². The van der Waals surface area contributed by atoms with Crippen molar-refractivity contribution in [2.75, 3.05) is 6.61 Å². The second-order valence-electron chi connectivity index (χ2n) is 4.39. The highest BCUT2D eigenvalue weighted by Crippen LogP contribution is 2.33. The topological polar surface area (TPSA) is 50.1 Å². The molecule has 3 unspecified atom stereocenters. The van der Waals surface area contributed by atoms with Crippen molar-refractivity contribution in [3.63, 3.8) is 0 Å². The number of rotatable bonds is 3. The predicted octanol–water partition coefficient (Wildman–Crippen LogP) is 2.52. The number of ether oxygens (including phenoxy) is 1. The van der Waals surface area contributed by atoms with Gasteiger partial charge in [0.2, 0.25) is 0 Å². The Labute approximate surface area is 91.4 Å².